The van der Waals surface area contributed by atoms with Crippen molar-refractivity contribution in [3.05, 3.63) is 0 Å². The van der Waals surface area contributed by atoms with Crippen LogP contribution in [0.3, 0.4) is 0 Å². The van der Waals surface area contributed by atoms with Gasteiger partial charge in [-0.05, 0) is 20.4 Å². The number of carboxylic acids is 1. The first-order valence-electron chi connectivity index (χ1n) is 7.48. The number of nitrogens with zero attached hydrogens (tertiary/aromatic N) is 3. The number of hydrogen-bond donors (Lipinski definition) is 1. The summed E-state index contributed by atoms with van der Waals surface area (Å²) in [7, 11) is 0. The third-order valence-electron chi connectivity index (χ3n) is 4.31. The Bertz CT molecular complexity index is 409. The van der Waals surface area contributed by atoms with Gasteiger partial charge in [0.2, 0.25) is 0 Å². The highest BCUT2D eigenvalue weighted by Gasteiger charge is 2.44. The minimum Gasteiger partial charge on any atom is -0.480 e. The van der Waals surface area contributed by atoms with Gasteiger partial charge in [-0.25, -0.2) is 9.59 Å². The lowest BCUT2D eigenvalue weighted by atomic mass is 9.97. The molecule has 1 atom stereocenters. The average molecular weight is 299 g/mol. The topological polar surface area (TPSA) is 73.3 Å². The second-order valence-electron chi connectivity index (χ2n) is 6.19. The predicted octanol–water partition coefficient (Wildman–Crippen LogP) is 0.308. The van der Waals surface area contributed by atoms with Crippen LogP contribution < -0.4 is 0 Å². The van der Waals surface area contributed by atoms with E-state index in [0.29, 0.717) is 19.1 Å². The molecule has 0 saturated carbocycles. The van der Waals surface area contributed by atoms with E-state index in [1.807, 2.05) is 11.8 Å². The number of likely N-dealkylation sites (N-methyl/N-ethyl adjacent to an activating group) is 1. The van der Waals surface area contributed by atoms with Crippen LogP contribution in [0.5, 0.6) is 0 Å². The highest BCUT2D eigenvalue weighted by molar-refractivity contribution is 5.76. The van der Waals surface area contributed by atoms with Crippen molar-refractivity contribution in [3.8, 4) is 0 Å². The first-order valence-corrected chi connectivity index (χ1v) is 7.48. The maximum Gasteiger partial charge on any atom is 0.329 e. The Hall–Kier alpha value is -1.34. The molecule has 0 aromatic carbocycles. The van der Waals surface area contributed by atoms with E-state index in [1.165, 1.54) is 0 Å². The SMILES string of the molecule is CCN1CCN(C(=O)N2CC(C)(OCC(=O)O)C2)CC1C. The van der Waals surface area contributed by atoms with E-state index in [-0.39, 0.29) is 12.6 Å². The molecular formula is C14H25N3O4. The van der Waals surface area contributed by atoms with E-state index in [0.717, 1.165) is 26.2 Å². The maximum atomic E-state index is 12.4. The first kappa shape index (κ1) is 16.0. The molecule has 21 heavy (non-hydrogen) atoms. The Morgan fingerprint density at radius 3 is 2.48 bits per heavy atom. The standard InChI is InChI=1S/C14H25N3O4/c1-4-15-5-6-16(7-11(15)2)13(20)17-9-14(3,10-17)21-8-12(18)19/h11H,4-10H2,1-3H3,(H,18,19). The molecule has 1 N–H and O–H groups in total. The van der Waals surface area contributed by atoms with Gasteiger partial charge >= 0.3 is 12.0 Å². The van der Waals surface area contributed by atoms with Crippen LogP contribution in [-0.2, 0) is 9.53 Å². The van der Waals surface area contributed by atoms with Crippen molar-refractivity contribution >= 4 is 12.0 Å². The fraction of sp³-hybridized carbons (Fsp3) is 0.857. The van der Waals surface area contributed by atoms with Gasteiger partial charge < -0.3 is 19.6 Å². The van der Waals surface area contributed by atoms with Crippen LogP contribution in [0.2, 0.25) is 0 Å². The highest BCUT2D eigenvalue weighted by atomic mass is 16.5. The van der Waals surface area contributed by atoms with Crippen molar-refractivity contribution in [1.29, 1.82) is 0 Å². The molecule has 120 valence electrons. The number of carboxylic acid groups (broad SMARTS) is 1. The van der Waals surface area contributed by atoms with Gasteiger partial charge in [0.1, 0.15) is 12.2 Å². The molecule has 7 nitrogen and oxygen atoms in total. The molecule has 0 aliphatic carbocycles. The molecule has 2 aliphatic rings. The van der Waals surface area contributed by atoms with Gasteiger partial charge in [0.05, 0.1) is 13.1 Å². The highest BCUT2D eigenvalue weighted by Crippen LogP contribution is 2.26. The van der Waals surface area contributed by atoms with E-state index in [1.54, 1.807) is 4.90 Å². The molecule has 0 aromatic heterocycles. The minimum atomic E-state index is -0.981. The Balaban J connectivity index is 1.80. The quantitative estimate of drug-likeness (QED) is 0.808. The lowest BCUT2D eigenvalue weighted by Crippen LogP contribution is -2.67. The van der Waals surface area contributed by atoms with E-state index < -0.39 is 11.6 Å². The Morgan fingerprint density at radius 2 is 1.95 bits per heavy atom. The number of ether oxygens (including phenoxy) is 1. The lowest BCUT2D eigenvalue weighted by Gasteiger charge is -2.50. The molecule has 0 bridgehead atoms. The second kappa shape index (κ2) is 6.19. The summed E-state index contributed by atoms with van der Waals surface area (Å²) in [5.74, 6) is -0.981. The normalized spacial score (nSPS) is 25.6. The van der Waals surface area contributed by atoms with Crippen LogP contribution in [0.15, 0.2) is 0 Å². The summed E-state index contributed by atoms with van der Waals surface area (Å²) in [4.78, 5) is 28.9. The van der Waals surface area contributed by atoms with Gasteiger partial charge in [-0.1, -0.05) is 6.92 Å². The van der Waals surface area contributed by atoms with Gasteiger partial charge in [-0.2, -0.15) is 0 Å². The number of piperazine rings is 1. The molecule has 2 aliphatic heterocycles. The molecule has 2 amide bonds. The zero-order valence-corrected chi connectivity index (χ0v) is 13.0. The minimum absolute atomic E-state index is 0.0361. The summed E-state index contributed by atoms with van der Waals surface area (Å²) >= 11 is 0. The number of urea groups is 1. The lowest BCUT2D eigenvalue weighted by molar-refractivity contribution is -0.160. The van der Waals surface area contributed by atoms with Crippen molar-refractivity contribution in [1.82, 2.24) is 14.7 Å². The number of amides is 2. The zero-order chi connectivity index (χ0) is 15.6. The fourth-order valence-corrected chi connectivity index (χ4v) is 3.06. The molecule has 7 heteroatoms. The number of aliphatic carboxylic acids is 1. The predicted molar refractivity (Wildman–Crippen MR) is 77.2 cm³/mol. The van der Waals surface area contributed by atoms with E-state index >= 15 is 0 Å². The van der Waals surface area contributed by atoms with Gasteiger partial charge in [0, 0.05) is 25.7 Å². The number of likely N-dealkylation sites (tertiary alicyclic amines) is 1. The van der Waals surface area contributed by atoms with Crippen LogP contribution in [0.25, 0.3) is 0 Å². The molecule has 0 spiro atoms. The zero-order valence-electron chi connectivity index (χ0n) is 13.0. The van der Waals surface area contributed by atoms with Crippen molar-refractivity contribution in [2.24, 2.45) is 0 Å². The van der Waals surface area contributed by atoms with Crippen LogP contribution in [0.4, 0.5) is 4.79 Å². The van der Waals surface area contributed by atoms with Gasteiger partial charge in [-0.3, -0.25) is 4.90 Å². The van der Waals surface area contributed by atoms with Crippen LogP contribution in [-0.4, -0.2) is 89.3 Å². The second-order valence-corrected chi connectivity index (χ2v) is 6.19. The number of hydrogen-bond acceptors (Lipinski definition) is 4. The Kier molecular flexibility index (Phi) is 4.73. The molecule has 2 fully saturated rings. The van der Waals surface area contributed by atoms with Crippen LogP contribution in [0.1, 0.15) is 20.8 Å². The van der Waals surface area contributed by atoms with Crippen molar-refractivity contribution < 1.29 is 19.4 Å². The number of rotatable bonds is 4. The summed E-state index contributed by atoms with van der Waals surface area (Å²) in [5.41, 5.74) is -0.523. The number of carbonyl (C=O) groups excluding carboxylic acids is 1. The van der Waals surface area contributed by atoms with E-state index in [2.05, 4.69) is 18.7 Å². The molecule has 0 aromatic rings. The smallest absolute Gasteiger partial charge is 0.329 e. The third-order valence-corrected chi connectivity index (χ3v) is 4.31. The van der Waals surface area contributed by atoms with Crippen molar-refractivity contribution in [3.63, 3.8) is 0 Å². The average Bonchev–Trinajstić information content (AvgIpc) is 2.41. The summed E-state index contributed by atoms with van der Waals surface area (Å²) < 4.78 is 5.33. The largest absolute Gasteiger partial charge is 0.480 e. The molecule has 2 heterocycles. The molecule has 0 radical (unpaired) electrons. The number of carbonyl (C=O) groups is 2. The van der Waals surface area contributed by atoms with Crippen molar-refractivity contribution in [2.45, 2.75) is 32.4 Å². The van der Waals surface area contributed by atoms with Gasteiger partial charge in [0.25, 0.3) is 0 Å². The molecule has 2 saturated heterocycles. The Morgan fingerprint density at radius 1 is 1.29 bits per heavy atom. The van der Waals surface area contributed by atoms with E-state index in [4.69, 9.17) is 9.84 Å². The third kappa shape index (κ3) is 3.65. The van der Waals surface area contributed by atoms with Crippen molar-refractivity contribution in [2.75, 3.05) is 45.9 Å². The molecular weight excluding hydrogens is 274 g/mol. The summed E-state index contributed by atoms with van der Waals surface area (Å²) in [6.07, 6.45) is 0. The van der Waals surface area contributed by atoms with Crippen LogP contribution >= 0.6 is 0 Å². The maximum absolute atomic E-state index is 12.4. The van der Waals surface area contributed by atoms with E-state index in [9.17, 15) is 9.59 Å². The summed E-state index contributed by atoms with van der Waals surface area (Å²) in [6.45, 7) is 10.1. The molecule has 2 rings (SSSR count). The van der Waals surface area contributed by atoms with Crippen LogP contribution in [0, 0.1) is 0 Å². The molecule has 1 unspecified atom stereocenters. The summed E-state index contributed by atoms with van der Waals surface area (Å²) in [6, 6.07) is 0.414. The van der Waals surface area contributed by atoms with Gasteiger partial charge in [0.15, 0.2) is 0 Å². The first-order chi connectivity index (χ1) is 9.84. The monoisotopic (exact) mass is 299 g/mol. The summed E-state index contributed by atoms with van der Waals surface area (Å²) in [5, 5.41) is 8.63. The Labute approximate surface area is 125 Å². The van der Waals surface area contributed by atoms with Gasteiger partial charge in [-0.15, -0.1) is 0 Å². The fourth-order valence-electron chi connectivity index (χ4n) is 3.06.